The van der Waals surface area contributed by atoms with E-state index in [2.05, 4.69) is 15.1 Å². The SMILES string of the molecule is Cc1c(C(=O)N(C2CC2)C(C)c2ccccn2)cnn1-c1ccc(C(F)(F)F)cn1. The molecule has 0 saturated heterocycles. The average Bonchev–Trinajstić information content (AvgIpc) is 3.49. The van der Waals surface area contributed by atoms with Crippen molar-refractivity contribution in [2.75, 3.05) is 0 Å². The number of halogens is 3. The highest BCUT2D eigenvalue weighted by molar-refractivity contribution is 5.95. The lowest BCUT2D eigenvalue weighted by molar-refractivity contribution is -0.137. The van der Waals surface area contributed by atoms with Gasteiger partial charge in [0, 0.05) is 18.4 Å². The van der Waals surface area contributed by atoms with Gasteiger partial charge < -0.3 is 4.90 Å². The minimum Gasteiger partial charge on any atom is -0.327 e. The molecule has 1 unspecified atom stereocenters. The number of carbonyl (C=O) groups excluding carboxylic acids is 1. The van der Waals surface area contributed by atoms with Crippen LogP contribution in [0.4, 0.5) is 13.2 Å². The van der Waals surface area contributed by atoms with Gasteiger partial charge in [0.05, 0.1) is 34.8 Å². The molecule has 30 heavy (non-hydrogen) atoms. The zero-order valence-corrected chi connectivity index (χ0v) is 16.5. The van der Waals surface area contributed by atoms with Crippen LogP contribution < -0.4 is 0 Å². The summed E-state index contributed by atoms with van der Waals surface area (Å²) in [5.74, 6) is 0.0432. The van der Waals surface area contributed by atoms with Crippen molar-refractivity contribution in [3.05, 3.63) is 71.4 Å². The molecule has 0 N–H and O–H groups in total. The number of aromatic nitrogens is 4. The van der Waals surface area contributed by atoms with Gasteiger partial charge >= 0.3 is 6.18 Å². The Morgan fingerprint density at radius 2 is 1.93 bits per heavy atom. The third-order valence-electron chi connectivity index (χ3n) is 5.24. The molecule has 1 saturated carbocycles. The fourth-order valence-electron chi connectivity index (χ4n) is 3.44. The van der Waals surface area contributed by atoms with Crippen LogP contribution in [0.5, 0.6) is 0 Å². The van der Waals surface area contributed by atoms with E-state index in [4.69, 9.17) is 0 Å². The first-order valence-corrected chi connectivity index (χ1v) is 9.59. The second kappa shape index (κ2) is 7.55. The molecule has 1 fully saturated rings. The van der Waals surface area contributed by atoms with E-state index in [0.717, 1.165) is 30.8 Å². The molecule has 156 valence electrons. The Kier molecular flexibility index (Phi) is 5.05. The molecule has 0 aromatic carbocycles. The highest BCUT2D eigenvalue weighted by atomic mass is 19.4. The van der Waals surface area contributed by atoms with Gasteiger partial charge in [0.2, 0.25) is 0 Å². The quantitative estimate of drug-likeness (QED) is 0.621. The maximum absolute atomic E-state index is 13.4. The van der Waals surface area contributed by atoms with Crippen LogP contribution in [0.3, 0.4) is 0 Å². The topological polar surface area (TPSA) is 63.9 Å². The molecule has 0 radical (unpaired) electrons. The number of alkyl halides is 3. The summed E-state index contributed by atoms with van der Waals surface area (Å²) in [6.07, 6.45) is 1.29. The van der Waals surface area contributed by atoms with Gasteiger partial charge in [0.1, 0.15) is 0 Å². The maximum Gasteiger partial charge on any atom is 0.417 e. The van der Waals surface area contributed by atoms with Crippen LogP contribution in [0, 0.1) is 6.92 Å². The van der Waals surface area contributed by atoms with E-state index in [1.807, 2.05) is 30.0 Å². The number of carbonyl (C=O) groups is 1. The van der Waals surface area contributed by atoms with E-state index >= 15 is 0 Å². The molecule has 1 aliphatic carbocycles. The van der Waals surface area contributed by atoms with E-state index in [0.29, 0.717) is 11.3 Å². The summed E-state index contributed by atoms with van der Waals surface area (Å²) in [6.45, 7) is 3.64. The van der Waals surface area contributed by atoms with Crippen LogP contribution in [0.2, 0.25) is 0 Å². The first kappa shape index (κ1) is 20.1. The molecular formula is C21H20F3N5O. The molecule has 0 aliphatic heterocycles. The van der Waals surface area contributed by atoms with Gasteiger partial charge in [-0.1, -0.05) is 6.07 Å². The Morgan fingerprint density at radius 3 is 2.50 bits per heavy atom. The van der Waals surface area contributed by atoms with Crippen LogP contribution >= 0.6 is 0 Å². The number of hydrogen-bond acceptors (Lipinski definition) is 4. The Hall–Kier alpha value is -3.23. The van der Waals surface area contributed by atoms with Crippen molar-refractivity contribution < 1.29 is 18.0 Å². The normalized spacial score (nSPS) is 15.1. The molecule has 6 nitrogen and oxygen atoms in total. The lowest BCUT2D eigenvalue weighted by atomic mass is 10.1. The molecular weight excluding hydrogens is 395 g/mol. The zero-order valence-electron chi connectivity index (χ0n) is 16.5. The zero-order chi connectivity index (χ0) is 21.5. The summed E-state index contributed by atoms with van der Waals surface area (Å²) in [4.78, 5) is 23.4. The Bertz CT molecular complexity index is 1040. The van der Waals surface area contributed by atoms with Crippen molar-refractivity contribution in [2.24, 2.45) is 0 Å². The lowest BCUT2D eigenvalue weighted by Gasteiger charge is -2.29. The summed E-state index contributed by atoms with van der Waals surface area (Å²) >= 11 is 0. The van der Waals surface area contributed by atoms with E-state index in [1.165, 1.54) is 16.9 Å². The standard InChI is InChI=1S/C21H20F3N5O/c1-13-17(12-27-29(13)19-9-6-15(11-26-19)21(22,23)24)20(30)28(16-7-8-16)14(2)18-5-3-4-10-25-18/h3-6,9-12,14,16H,7-8H2,1-2H3. The molecule has 1 atom stereocenters. The van der Waals surface area contributed by atoms with Gasteiger partial charge in [-0.25, -0.2) is 9.67 Å². The number of amides is 1. The average molecular weight is 415 g/mol. The van der Waals surface area contributed by atoms with Crippen molar-refractivity contribution in [1.29, 1.82) is 0 Å². The molecule has 0 bridgehead atoms. The van der Waals surface area contributed by atoms with Gasteiger partial charge in [-0.05, 0) is 51.0 Å². The van der Waals surface area contributed by atoms with Crippen molar-refractivity contribution in [1.82, 2.24) is 24.6 Å². The van der Waals surface area contributed by atoms with Gasteiger partial charge in [0.15, 0.2) is 5.82 Å². The molecule has 1 amide bonds. The van der Waals surface area contributed by atoms with E-state index < -0.39 is 11.7 Å². The smallest absolute Gasteiger partial charge is 0.327 e. The number of hydrogen-bond donors (Lipinski definition) is 0. The largest absolute Gasteiger partial charge is 0.417 e. The van der Waals surface area contributed by atoms with Crippen LogP contribution in [-0.2, 0) is 6.18 Å². The summed E-state index contributed by atoms with van der Waals surface area (Å²) in [5, 5.41) is 4.20. The van der Waals surface area contributed by atoms with Crippen LogP contribution in [-0.4, -0.2) is 36.6 Å². The van der Waals surface area contributed by atoms with Gasteiger partial charge in [-0.2, -0.15) is 18.3 Å². The molecule has 1 aliphatic rings. The molecule has 3 heterocycles. The monoisotopic (exact) mass is 415 g/mol. The van der Waals surface area contributed by atoms with Crippen molar-refractivity contribution in [2.45, 2.75) is 44.9 Å². The van der Waals surface area contributed by atoms with E-state index in [-0.39, 0.29) is 23.8 Å². The summed E-state index contributed by atoms with van der Waals surface area (Å²) in [5.41, 5.74) is 0.876. The van der Waals surface area contributed by atoms with E-state index in [1.54, 1.807) is 13.1 Å². The van der Waals surface area contributed by atoms with Crippen molar-refractivity contribution >= 4 is 5.91 Å². The minimum atomic E-state index is -4.46. The fraction of sp³-hybridized carbons (Fsp3) is 0.333. The third-order valence-corrected chi connectivity index (χ3v) is 5.24. The van der Waals surface area contributed by atoms with Crippen LogP contribution in [0.25, 0.3) is 5.82 Å². The Balaban J connectivity index is 1.63. The first-order chi connectivity index (χ1) is 14.3. The number of pyridine rings is 2. The molecule has 3 aromatic rings. The summed E-state index contributed by atoms with van der Waals surface area (Å²) < 4.78 is 39.7. The van der Waals surface area contributed by atoms with Crippen LogP contribution in [0.15, 0.2) is 48.9 Å². The van der Waals surface area contributed by atoms with Crippen molar-refractivity contribution in [3.8, 4) is 5.82 Å². The predicted molar refractivity (Wildman–Crippen MR) is 103 cm³/mol. The number of nitrogens with zero attached hydrogens (tertiary/aromatic N) is 5. The maximum atomic E-state index is 13.4. The molecule has 9 heteroatoms. The van der Waals surface area contributed by atoms with Crippen molar-refractivity contribution in [3.63, 3.8) is 0 Å². The second-order valence-corrected chi connectivity index (χ2v) is 7.33. The fourth-order valence-corrected chi connectivity index (χ4v) is 3.44. The Morgan fingerprint density at radius 1 is 1.17 bits per heavy atom. The third kappa shape index (κ3) is 3.79. The predicted octanol–water partition coefficient (Wildman–Crippen LogP) is 4.36. The first-order valence-electron chi connectivity index (χ1n) is 9.59. The highest BCUT2D eigenvalue weighted by Crippen LogP contribution is 2.35. The Labute approximate surface area is 171 Å². The number of rotatable bonds is 5. The second-order valence-electron chi connectivity index (χ2n) is 7.33. The highest BCUT2D eigenvalue weighted by Gasteiger charge is 2.38. The molecule has 4 rings (SSSR count). The van der Waals surface area contributed by atoms with Gasteiger partial charge in [-0.3, -0.25) is 9.78 Å². The summed E-state index contributed by atoms with van der Waals surface area (Å²) in [7, 11) is 0. The van der Waals surface area contributed by atoms with Crippen LogP contribution in [0.1, 0.15) is 53.1 Å². The van der Waals surface area contributed by atoms with Gasteiger partial charge in [0.25, 0.3) is 5.91 Å². The molecule has 3 aromatic heterocycles. The summed E-state index contributed by atoms with van der Waals surface area (Å²) in [6, 6.07) is 7.71. The van der Waals surface area contributed by atoms with Gasteiger partial charge in [-0.15, -0.1) is 0 Å². The minimum absolute atomic E-state index is 0.140. The lowest BCUT2D eigenvalue weighted by Crippen LogP contribution is -2.36. The molecule has 0 spiro atoms. The van der Waals surface area contributed by atoms with E-state index in [9.17, 15) is 18.0 Å².